The number of piperidine rings is 1. The van der Waals surface area contributed by atoms with Crippen LogP contribution >= 0.6 is 11.3 Å². The van der Waals surface area contributed by atoms with Gasteiger partial charge in [-0.15, -0.1) is 11.3 Å². The van der Waals surface area contributed by atoms with Gasteiger partial charge in [0.25, 0.3) is 0 Å². The maximum atomic E-state index is 12.3. The van der Waals surface area contributed by atoms with Crippen molar-refractivity contribution in [1.82, 2.24) is 9.88 Å². The number of nitrogens with one attached hydrogen (secondary N) is 2. The smallest absolute Gasteiger partial charge is 0.323 e. The highest BCUT2D eigenvalue weighted by Gasteiger charge is 2.10. The standard InChI is InChI=1S/C31H34N4O2S/c1-23-6-12-26(13-7-23)32-31(36)33-27-14-8-24(9-15-27)29-22-38-30(34-29)25-10-16-28(17-11-25)37-21-5-20-35-18-3-2-4-19-35/h6-17,22H,2-5,18-21H2,1H3,(H2,32,33,36). The van der Waals surface area contributed by atoms with Crippen LogP contribution in [0.25, 0.3) is 21.8 Å². The van der Waals surface area contributed by atoms with Crippen molar-refractivity contribution in [3.63, 3.8) is 0 Å². The number of urea groups is 1. The Hall–Kier alpha value is -3.68. The van der Waals surface area contributed by atoms with Gasteiger partial charge < -0.3 is 20.3 Å². The minimum absolute atomic E-state index is 0.271. The number of benzene rings is 3. The first-order chi connectivity index (χ1) is 18.6. The number of carbonyl (C=O) groups excluding carboxylic acids is 1. The average molecular weight is 527 g/mol. The number of aryl methyl sites for hydroxylation is 1. The third-order valence-electron chi connectivity index (χ3n) is 6.69. The van der Waals surface area contributed by atoms with E-state index in [1.165, 1.54) is 32.4 Å². The Kier molecular flexibility index (Phi) is 8.68. The third kappa shape index (κ3) is 7.21. The van der Waals surface area contributed by atoms with E-state index in [9.17, 15) is 4.79 Å². The van der Waals surface area contributed by atoms with E-state index in [0.29, 0.717) is 0 Å². The number of amides is 2. The molecule has 0 atom stereocenters. The molecular formula is C31H34N4O2S. The number of hydrogen-bond acceptors (Lipinski definition) is 5. The van der Waals surface area contributed by atoms with Crippen molar-refractivity contribution in [1.29, 1.82) is 0 Å². The summed E-state index contributed by atoms with van der Waals surface area (Å²) in [5, 5.41) is 8.75. The van der Waals surface area contributed by atoms with Crippen LogP contribution in [0.2, 0.25) is 0 Å². The van der Waals surface area contributed by atoms with Gasteiger partial charge in [-0.05, 0) is 87.8 Å². The summed E-state index contributed by atoms with van der Waals surface area (Å²) in [6.07, 6.45) is 5.09. The highest BCUT2D eigenvalue weighted by atomic mass is 32.1. The van der Waals surface area contributed by atoms with Gasteiger partial charge in [0.05, 0.1) is 12.3 Å². The van der Waals surface area contributed by atoms with Crippen molar-refractivity contribution in [2.24, 2.45) is 0 Å². The monoisotopic (exact) mass is 526 g/mol. The van der Waals surface area contributed by atoms with E-state index in [1.54, 1.807) is 11.3 Å². The van der Waals surface area contributed by atoms with Crippen molar-refractivity contribution in [2.45, 2.75) is 32.6 Å². The minimum Gasteiger partial charge on any atom is -0.494 e. The second kappa shape index (κ2) is 12.7. The molecule has 2 N–H and O–H groups in total. The number of likely N-dealkylation sites (tertiary alicyclic amines) is 1. The quantitative estimate of drug-likeness (QED) is 0.220. The molecule has 1 saturated heterocycles. The molecule has 0 radical (unpaired) electrons. The van der Waals surface area contributed by atoms with Crippen LogP contribution in [0.1, 0.15) is 31.2 Å². The molecule has 1 aromatic heterocycles. The van der Waals surface area contributed by atoms with Crippen LogP contribution in [0.15, 0.2) is 78.2 Å². The van der Waals surface area contributed by atoms with Crippen LogP contribution in [0.4, 0.5) is 16.2 Å². The van der Waals surface area contributed by atoms with Crippen molar-refractivity contribution < 1.29 is 9.53 Å². The fourth-order valence-electron chi connectivity index (χ4n) is 4.55. The van der Waals surface area contributed by atoms with E-state index in [4.69, 9.17) is 9.72 Å². The molecule has 196 valence electrons. The average Bonchev–Trinajstić information content (AvgIpc) is 3.44. The van der Waals surface area contributed by atoms with Crippen LogP contribution < -0.4 is 15.4 Å². The number of hydrogen-bond donors (Lipinski definition) is 2. The summed E-state index contributed by atoms with van der Waals surface area (Å²) in [6, 6.07) is 23.4. The summed E-state index contributed by atoms with van der Waals surface area (Å²) >= 11 is 1.62. The summed E-state index contributed by atoms with van der Waals surface area (Å²) in [5.74, 6) is 0.902. The Morgan fingerprint density at radius 2 is 1.50 bits per heavy atom. The van der Waals surface area contributed by atoms with Crippen molar-refractivity contribution in [2.75, 3.05) is 36.9 Å². The summed E-state index contributed by atoms with van der Waals surface area (Å²) < 4.78 is 5.96. The summed E-state index contributed by atoms with van der Waals surface area (Å²) in [7, 11) is 0. The highest BCUT2D eigenvalue weighted by Crippen LogP contribution is 2.30. The lowest BCUT2D eigenvalue weighted by atomic mass is 10.1. The molecule has 3 aromatic carbocycles. The topological polar surface area (TPSA) is 66.5 Å². The molecule has 2 amide bonds. The second-order valence-electron chi connectivity index (χ2n) is 9.69. The van der Waals surface area contributed by atoms with Crippen molar-refractivity contribution in [3.8, 4) is 27.6 Å². The van der Waals surface area contributed by atoms with Crippen molar-refractivity contribution in [3.05, 3.63) is 83.7 Å². The molecule has 1 aliphatic heterocycles. The lowest BCUT2D eigenvalue weighted by molar-refractivity contribution is 0.205. The first kappa shape index (κ1) is 25.9. The Morgan fingerprint density at radius 3 is 2.18 bits per heavy atom. The molecule has 0 bridgehead atoms. The Morgan fingerprint density at radius 1 is 0.868 bits per heavy atom. The maximum Gasteiger partial charge on any atom is 0.323 e. The van der Waals surface area contributed by atoms with E-state index in [2.05, 4.69) is 33.0 Å². The first-order valence-electron chi connectivity index (χ1n) is 13.3. The van der Waals surface area contributed by atoms with Crippen LogP contribution in [-0.4, -0.2) is 42.2 Å². The van der Waals surface area contributed by atoms with Gasteiger partial charge >= 0.3 is 6.03 Å². The fraction of sp³-hybridized carbons (Fsp3) is 0.290. The van der Waals surface area contributed by atoms with Gasteiger partial charge in [-0.1, -0.05) is 36.2 Å². The lowest BCUT2D eigenvalue weighted by Crippen LogP contribution is -2.31. The Balaban J connectivity index is 1.11. The van der Waals surface area contributed by atoms with E-state index in [1.807, 2.05) is 67.6 Å². The zero-order valence-corrected chi connectivity index (χ0v) is 22.6. The molecule has 4 aromatic rings. The molecule has 6 nitrogen and oxygen atoms in total. The Labute approximate surface area is 228 Å². The number of carbonyl (C=O) groups is 1. The summed E-state index contributed by atoms with van der Waals surface area (Å²) in [6.45, 7) is 6.35. The fourth-order valence-corrected chi connectivity index (χ4v) is 5.38. The zero-order valence-electron chi connectivity index (χ0n) is 21.8. The largest absolute Gasteiger partial charge is 0.494 e. The molecule has 1 aliphatic rings. The molecule has 5 rings (SSSR count). The molecule has 0 aliphatic carbocycles. The maximum absolute atomic E-state index is 12.3. The SMILES string of the molecule is Cc1ccc(NC(=O)Nc2ccc(-c3csc(-c4ccc(OCCCN5CCCCC5)cc4)n3)cc2)cc1. The van der Waals surface area contributed by atoms with Gasteiger partial charge in [0.15, 0.2) is 0 Å². The molecule has 1 fully saturated rings. The van der Waals surface area contributed by atoms with Crippen LogP contribution in [-0.2, 0) is 0 Å². The molecule has 7 heteroatoms. The minimum atomic E-state index is -0.271. The van der Waals surface area contributed by atoms with Crippen LogP contribution in [0.5, 0.6) is 5.75 Å². The summed E-state index contributed by atoms with van der Waals surface area (Å²) in [5.41, 5.74) is 5.63. The normalized spacial score (nSPS) is 13.7. The van der Waals surface area contributed by atoms with Gasteiger partial charge in [0, 0.05) is 34.4 Å². The molecule has 0 unspecified atom stereocenters. The second-order valence-corrected chi connectivity index (χ2v) is 10.5. The number of ether oxygens (including phenoxy) is 1. The predicted octanol–water partition coefficient (Wildman–Crippen LogP) is 7.68. The van der Waals surface area contributed by atoms with E-state index in [0.717, 1.165) is 64.1 Å². The Bertz CT molecular complexity index is 1310. The molecule has 38 heavy (non-hydrogen) atoms. The number of anilines is 2. The van der Waals surface area contributed by atoms with Crippen molar-refractivity contribution >= 4 is 28.7 Å². The van der Waals surface area contributed by atoms with Gasteiger partial charge in [-0.3, -0.25) is 0 Å². The number of aromatic nitrogens is 1. The van der Waals surface area contributed by atoms with Gasteiger partial charge in [-0.2, -0.15) is 0 Å². The molecular weight excluding hydrogens is 492 g/mol. The van der Waals surface area contributed by atoms with Gasteiger partial charge in [0.2, 0.25) is 0 Å². The lowest BCUT2D eigenvalue weighted by Gasteiger charge is -2.26. The first-order valence-corrected chi connectivity index (χ1v) is 14.2. The number of nitrogens with zero attached hydrogens (tertiary/aromatic N) is 2. The van der Waals surface area contributed by atoms with Gasteiger partial charge in [0.1, 0.15) is 10.8 Å². The van der Waals surface area contributed by atoms with Crippen LogP contribution in [0.3, 0.4) is 0 Å². The molecule has 0 spiro atoms. The van der Waals surface area contributed by atoms with E-state index in [-0.39, 0.29) is 6.03 Å². The van der Waals surface area contributed by atoms with E-state index < -0.39 is 0 Å². The highest BCUT2D eigenvalue weighted by molar-refractivity contribution is 7.13. The van der Waals surface area contributed by atoms with Gasteiger partial charge in [-0.25, -0.2) is 9.78 Å². The number of rotatable bonds is 9. The third-order valence-corrected chi connectivity index (χ3v) is 7.58. The predicted molar refractivity (Wildman–Crippen MR) is 157 cm³/mol. The zero-order chi connectivity index (χ0) is 26.2. The molecule has 2 heterocycles. The number of thiazole rings is 1. The van der Waals surface area contributed by atoms with E-state index >= 15 is 0 Å². The summed E-state index contributed by atoms with van der Waals surface area (Å²) in [4.78, 5) is 19.7. The van der Waals surface area contributed by atoms with Crippen LogP contribution in [0, 0.1) is 6.92 Å². The molecule has 0 saturated carbocycles.